The molecule has 11 nitrogen and oxygen atoms in total. The minimum atomic E-state index is -4.95. The number of carbonyl (C=O) groups excluding carboxylic acids is 2. The van der Waals surface area contributed by atoms with E-state index in [9.17, 15) is 40.6 Å². The van der Waals surface area contributed by atoms with Crippen molar-refractivity contribution in [3.05, 3.63) is 100 Å². The van der Waals surface area contributed by atoms with Crippen LogP contribution in [0.4, 0.5) is 22.7 Å². The van der Waals surface area contributed by atoms with Gasteiger partial charge in [-0.25, -0.2) is 8.42 Å². The number of rotatable bonds is 6. The summed E-state index contributed by atoms with van der Waals surface area (Å²) in [6, 6.07) is 14.6. The molecule has 0 spiro atoms. The van der Waals surface area contributed by atoms with Crippen molar-refractivity contribution in [3.63, 3.8) is 0 Å². The molecule has 4 aromatic rings. The second-order valence-corrected chi connectivity index (χ2v) is 12.2. The van der Waals surface area contributed by atoms with Gasteiger partial charge >= 0.3 is 0 Å². The predicted octanol–water partition coefficient (Wildman–Crippen LogP) is 3.79. The van der Waals surface area contributed by atoms with E-state index >= 15 is 0 Å². The average molecular weight is 593 g/mol. The fourth-order valence-electron chi connectivity index (χ4n) is 4.67. The van der Waals surface area contributed by atoms with Crippen LogP contribution in [0.5, 0.6) is 5.75 Å². The molecule has 13 heteroatoms. The zero-order valence-electron chi connectivity index (χ0n) is 21.4. The van der Waals surface area contributed by atoms with E-state index in [1.165, 1.54) is 42.5 Å². The molecule has 0 atom stereocenters. The summed E-state index contributed by atoms with van der Waals surface area (Å²) in [6.45, 7) is 3.20. The highest BCUT2D eigenvalue weighted by Crippen LogP contribution is 2.41. The number of hydrogen-bond donors (Lipinski definition) is 3. The van der Waals surface area contributed by atoms with E-state index in [2.05, 4.69) is 10.6 Å². The first-order chi connectivity index (χ1) is 19.2. The molecule has 0 aromatic heterocycles. The molecule has 0 fully saturated rings. The van der Waals surface area contributed by atoms with Crippen LogP contribution in [-0.4, -0.2) is 37.5 Å². The summed E-state index contributed by atoms with van der Waals surface area (Å²) in [5, 5.41) is 18.2. The maximum Gasteiger partial charge on any atom is 0.296 e. The number of ketones is 2. The van der Waals surface area contributed by atoms with Gasteiger partial charge in [0, 0.05) is 11.1 Å². The van der Waals surface area contributed by atoms with E-state index in [1.54, 1.807) is 26.0 Å². The lowest BCUT2D eigenvalue weighted by Crippen LogP contribution is -2.25. The van der Waals surface area contributed by atoms with E-state index in [4.69, 9.17) is 0 Å². The largest absolute Gasteiger partial charge is 0.872 e. The number of anilines is 4. The van der Waals surface area contributed by atoms with Gasteiger partial charge in [0.15, 0.2) is 11.6 Å². The third-order valence-corrected chi connectivity index (χ3v) is 8.29. The summed E-state index contributed by atoms with van der Waals surface area (Å²) in [5.74, 6) is -2.29. The van der Waals surface area contributed by atoms with Crippen LogP contribution in [0, 0.1) is 13.8 Å². The lowest BCUT2D eigenvalue weighted by atomic mass is 9.81. The Morgan fingerprint density at radius 1 is 0.659 bits per heavy atom. The van der Waals surface area contributed by atoms with Crippen LogP contribution in [-0.2, 0) is 20.2 Å². The summed E-state index contributed by atoms with van der Waals surface area (Å²) in [6.07, 6.45) is 0. The Morgan fingerprint density at radius 2 is 1.15 bits per heavy atom. The topological polar surface area (TPSA) is 193 Å². The molecule has 1 aliphatic carbocycles. The van der Waals surface area contributed by atoms with Gasteiger partial charge in [-0.15, -0.1) is 0 Å². The van der Waals surface area contributed by atoms with Gasteiger partial charge in [0.1, 0.15) is 15.0 Å². The second-order valence-electron chi connectivity index (χ2n) is 9.43. The van der Waals surface area contributed by atoms with Gasteiger partial charge < -0.3 is 20.3 Å². The third-order valence-electron chi connectivity index (χ3n) is 6.52. The minimum absolute atomic E-state index is 0.0430. The lowest BCUT2D eigenvalue weighted by Gasteiger charge is -2.27. The Balaban J connectivity index is 1.75. The van der Waals surface area contributed by atoms with Gasteiger partial charge in [-0.2, -0.15) is 8.42 Å². The SMILES string of the molecule is Cc1ccc(Nc2ccc(Nc3ccc(C)cc3S(=O)(=O)O)c3c2C(=O)c2cccc([O-])c2C3=O)c(S(=O)(=O)[O-])c1. The maximum atomic E-state index is 13.8. The van der Waals surface area contributed by atoms with Gasteiger partial charge in [0.25, 0.3) is 10.1 Å². The fourth-order valence-corrected chi connectivity index (χ4v) is 6.12. The molecule has 0 aliphatic heterocycles. The van der Waals surface area contributed by atoms with Crippen LogP contribution in [0.3, 0.4) is 0 Å². The molecule has 3 N–H and O–H groups in total. The van der Waals surface area contributed by atoms with Crippen LogP contribution >= 0.6 is 0 Å². The summed E-state index contributed by atoms with van der Waals surface area (Å²) in [7, 11) is -9.66. The Morgan fingerprint density at radius 3 is 1.68 bits per heavy atom. The number of carbonyl (C=O) groups is 2. The molecule has 0 bridgehead atoms. The van der Waals surface area contributed by atoms with Gasteiger partial charge in [-0.05, 0) is 61.4 Å². The Hall–Kier alpha value is -4.56. The van der Waals surface area contributed by atoms with Crippen molar-refractivity contribution >= 4 is 54.6 Å². The quantitative estimate of drug-likeness (QED) is 0.243. The van der Waals surface area contributed by atoms with Gasteiger partial charge in [-0.1, -0.05) is 36.1 Å². The van der Waals surface area contributed by atoms with Crippen LogP contribution in [0.25, 0.3) is 0 Å². The first-order valence-electron chi connectivity index (χ1n) is 11.9. The van der Waals surface area contributed by atoms with Crippen LogP contribution < -0.4 is 15.7 Å². The normalized spacial score (nSPS) is 13.0. The fraction of sp³-hybridized carbons (Fsp3) is 0.0714. The summed E-state index contributed by atoms with van der Waals surface area (Å²) in [5.41, 5.74) is -0.460. The van der Waals surface area contributed by atoms with Crippen molar-refractivity contribution in [1.82, 2.24) is 0 Å². The molecule has 0 saturated carbocycles. The highest BCUT2D eigenvalue weighted by molar-refractivity contribution is 7.86. The standard InChI is InChI=1S/C28H22N2O9S2/c1-14-6-8-17(22(12-14)40(34,35)36)29-19-10-11-20(30-18-9-7-15(2)13-23(18)41(37,38)39)26-25(19)27(32)16-4-3-5-21(31)24(16)28(26)33/h3-13,29-31H,1-2H3,(H,34,35,36)(H,37,38,39)/p-2. The Labute approximate surface area is 235 Å². The summed E-state index contributed by atoms with van der Waals surface area (Å²) >= 11 is 0. The zero-order chi connectivity index (χ0) is 29.9. The zero-order valence-corrected chi connectivity index (χ0v) is 23.0. The number of fused-ring (bicyclic) bond motifs is 2. The van der Waals surface area contributed by atoms with Gasteiger partial charge in [0.05, 0.1) is 38.8 Å². The minimum Gasteiger partial charge on any atom is -0.872 e. The maximum absolute atomic E-state index is 13.8. The number of benzene rings is 4. The Bertz CT molecular complexity index is 2020. The predicted molar refractivity (Wildman–Crippen MR) is 146 cm³/mol. The number of nitrogens with one attached hydrogen (secondary N) is 2. The van der Waals surface area contributed by atoms with Crippen molar-refractivity contribution in [2.75, 3.05) is 10.6 Å². The van der Waals surface area contributed by atoms with E-state index in [1.807, 2.05) is 0 Å². The first-order valence-corrected chi connectivity index (χ1v) is 14.8. The lowest BCUT2D eigenvalue weighted by molar-refractivity contribution is -0.268. The average Bonchev–Trinajstić information content (AvgIpc) is 2.88. The number of aryl methyl sites for hydroxylation is 2. The molecule has 41 heavy (non-hydrogen) atoms. The molecule has 0 unspecified atom stereocenters. The highest BCUT2D eigenvalue weighted by atomic mass is 32.2. The van der Waals surface area contributed by atoms with E-state index in [0.29, 0.717) is 11.1 Å². The van der Waals surface area contributed by atoms with Crippen LogP contribution in [0.15, 0.2) is 76.5 Å². The van der Waals surface area contributed by atoms with Crippen LogP contribution in [0.1, 0.15) is 43.0 Å². The monoisotopic (exact) mass is 592 g/mol. The summed E-state index contributed by atoms with van der Waals surface area (Å²) < 4.78 is 69.8. The van der Waals surface area contributed by atoms with E-state index in [0.717, 1.165) is 12.1 Å². The smallest absolute Gasteiger partial charge is 0.296 e. The molecule has 0 heterocycles. The van der Waals surface area contributed by atoms with Crippen molar-refractivity contribution < 1.29 is 40.6 Å². The van der Waals surface area contributed by atoms with E-state index < -0.39 is 47.3 Å². The third kappa shape index (κ3) is 5.07. The Kier molecular flexibility index (Phi) is 6.70. The molecule has 0 radical (unpaired) electrons. The molecule has 0 saturated heterocycles. The van der Waals surface area contributed by atoms with Gasteiger partial charge in [-0.3, -0.25) is 14.1 Å². The molecule has 210 valence electrons. The molecule has 4 aromatic carbocycles. The highest BCUT2D eigenvalue weighted by Gasteiger charge is 2.35. The van der Waals surface area contributed by atoms with Crippen molar-refractivity contribution in [3.8, 4) is 5.75 Å². The molecular weight excluding hydrogens is 572 g/mol. The van der Waals surface area contributed by atoms with E-state index in [-0.39, 0.29) is 45.0 Å². The van der Waals surface area contributed by atoms with Crippen molar-refractivity contribution in [2.24, 2.45) is 0 Å². The first kappa shape index (κ1) is 28.0. The van der Waals surface area contributed by atoms with Crippen molar-refractivity contribution in [1.29, 1.82) is 0 Å². The summed E-state index contributed by atoms with van der Waals surface area (Å²) in [4.78, 5) is 26.4. The van der Waals surface area contributed by atoms with Crippen molar-refractivity contribution in [2.45, 2.75) is 23.6 Å². The van der Waals surface area contributed by atoms with Crippen LogP contribution in [0.2, 0.25) is 0 Å². The molecule has 5 rings (SSSR count). The number of hydrogen-bond acceptors (Lipinski definition) is 10. The molecule has 1 aliphatic rings. The second kappa shape index (κ2) is 9.82. The van der Waals surface area contributed by atoms with Gasteiger partial charge in [0.2, 0.25) is 0 Å². The molecular formula is C28H20N2O9S2-2. The molecule has 0 amide bonds.